The van der Waals surface area contributed by atoms with E-state index in [1.807, 2.05) is 30.9 Å². The number of pyridine rings is 2. The summed E-state index contributed by atoms with van der Waals surface area (Å²) in [7, 11) is 0. The van der Waals surface area contributed by atoms with Gasteiger partial charge >= 0.3 is 0 Å². The first kappa shape index (κ1) is 13.2. The summed E-state index contributed by atoms with van der Waals surface area (Å²) in [6.07, 6.45) is 7.64. The molecule has 0 aliphatic carbocycles. The van der Waals surface area contributed by atoms with Crippen molar-refractivity contribution in [2.75, 3.05) is 26.2 Å². The van der Waals surface area contributed by atoms with E-state index in [9.17, 15) is 0 Å². The zero-order valence-electron chi connectivity index (χ0n) is 11.8. The Kier molecular flexibility index (Phi) is 4.04. The largest absolute Gasteiger partial charge is 0.314 e. The third-order valence-corrected chi connectivity index (χ3v) is 3.88. The molecule has 0 aromatic carbocycles. The van der Waals surface area contributed by atoms with Crippen molar-refractivity contribution in [1.82, 2.24) is 20.2 Å². The fourth-order valence-corrected chi connectivity index (χ4v) is 2.86. The molecule has 1 N–H and O–H groups in total. The number of aryl methyl sites for hydroxylation is 1. The molecular weight excluding hydrogens is 248 g/mol. The third-order valence-electron chi connectivity index (χ3n) is 3.88. The van der Waals surface area contributed by atoms with Crippen LogP contribution in [0.2, 0.25) is 0 Å². The molecule has 2 aromatic rings. The first-order valence-electron chi connectivity index (χ1n) is 7.11. The maximum absolute atomic E-state index is 4.30. The van der Waals surface area contributed by atoms with Crippen LogP contribution in [0.1, 0.15) is 22.7 Å². The van der Waals surface area contributed by atoms with Gasteiger partial charge in [-0.1, -0.05) is 6.07 Å². The van der Waals surface area contributed by atoms with Crippen molar-refractivity contribution in [2.45, 2.75) is 13.0 Å². The molecule has 1 fully saturated rings. The van der Waals surface area contributed by atoms with Gasteiger partial charge in [-0.05, 0) is 35.7 Å². The monoisotopic (exact) mass is 268 g/mol. The highest BCUT2D eigenvalue weighted by Gasteiger charge is 2.25. The van der Waals surface area contributed by atoms with Crippen LogP contribution in [0, 0.1) is 6.92 Å². The van der Waals surface area contributed by atoms with E-state index in [-0.39, 0.29) is 6.04 Å². The lowest BCUT2D eigenvalue weighted by Gasteiger charge is -2.36. The quantitative estimate of drug-likeness (QED) is 0.921. The van der Waals surface area contributed by atoms with Gasteiger partial charge in [-0.3, -0.25) is 14.9 Å². The van der Waals surface area contributed by atoms with Gasteiger partial charge in [0.25, 0.3) is 0 Å². The van der Waals surface area contributed by atoms with Gasteiger partial charge in [0.1, 0.15) is 0 Å². The van der Waals surface area contributed by atoms with Gasteiger partial charge in [0, 0.05) is 51.0 Å². The number of nitrogens with zero attached hydrogens (tertiary/aromatic N) is 3. The standard InChI is InChI=1S/C16H20N4/c1-13-11-19-6-4-15(13)16(14-3-2-5-18-12-14)20-9-7-17-8-10-20/h2-6,11-12,16-17H,7-10H2,1H3. The molecule has 1 aliphatic heterocycles. The minimum absolute atomic E-state index is 0.272. The summed E-state index contributed by atoms with van der Waals surface area (Å²) >= 11 is 0. The van der Waals surface area contributed by atoms with Crippen molar-refractivity contribution in [2.24, 2.45) is 0 Å². The van der Waals surface area contributed by atoms with E-state index < -0.39 is 0 Å². The van der Waals surface area contributed by atoms with E-state index in [0.29, 0.717) is 0 Å². The van der Waals surface area contributed by atoms with Crippen molar-refractivity contribution >= 4 is 0 Å². The maximum atomic E-state index is 4.30. The fourth-order valence-electron chi connectivity index (χ4n) is 2.86. The first-order chi connectivity index (χ1) is 9.86. The van der Waals surface area contributed by atoms with Gasteiger partial charge in [-0.15, -0.1) is 0 Å². The second-order valence-corrected chi connectivity index (χ2v) is 5.21. The van der Waals surface area contributed by atoms with Crippen LogP contribution in [-0.2, 0) is 0 Å². The molecule has 4 heteroatoms. The Morgan fingerprint density at radius 1 is 1.10 bits per heavy atom. The SMILES string of the molecule is Cc1cnccc1C(c1cccnc1)N1CCNCC1. The highest BCUT2D eigenvalue weighted by atomic mass is 15.2. The number of hydrogen-bond donors (Lipinski definition) is 1. The lowest BCUT2D eigenvalue weighted by atomic mass is 9.95. The lowest BCUT2D eigenvalue weighted by molar-refractivity contribution is 0.197. The Hall–Kier alpha value is -1.78. The van der Waals surface area contributed by atoms with E-state index >= 15 is 0 Å². The molecule has 1 aliphatic rings. The summed E-state index contributed by atoms with van der Waals surface area (Å²) in [5, 5.41) is 3.42. The van der Waals surface area contributed by atoms with Crippen LogP contribution in [-0.4, -0.2) is 41.0 Å². The average Bonchev–Trinajstić information content (AvgIpc) is 2.52. The van der Waals surface area contributed by atoms with Gasteiger partial charge in [-0.25, -0.2) is 0 Å². The lowest BCUT2D eigenvalue weighted by Crippen LogP contribution is -2.45. The number of rotatable bonds is 3. The van der Waals surface area contributed by atoms with Crippen molar-refractivity contribution in [3.63, 3.8) is 0 Å². The zero-order chi connectivity index (χ0) is 13.8. The summed E-state index contributed by atoms with van der Waals surface area (Å²) < 4.78 is 0. The Morgan fingerprint density at radius 2 is 1.90 bits per heavy atom. The molecule has 20 heavy (non-hydrogen) atoms. The summed E-state index contributed by atoms with van der Waals surface area (Å²) in [4.78, 5) is 11.0. The zero-order valence-corrected chi connectivity index (χ0v) is 11.8. The van der Waals surface area contributed by atoms with E-state index in [1.54, 1.807) is 0 Å². The van der Waals surface area contributed by atoms with Crippen LogP contribution < -0.4 is 5.32 Å². The maximum Gasteiger partial charge on any atom is 0.0621 e. The Balaban J connectivity index is 2.01. The van der Waals surface area contributed by atoms with Crippen molar-refractivity contribution in [1.29, 1.82) is 0 Å². The van der Waals surface area contributed by atoms with E-state index in [4.69, 9.17) is 0 Å². The first-order valence-corrected chi connectivity index (χ1v) is 7.11. The molecule has 4 nitrogen and oxygen atoms in total. The Bertz CT molecular complexity index is 549. The summed E-state index contributed by atoms with van der Waals surface area (Å²) in [5.74, 6) is 0. The second-order valence-electron chi connectivity index (χ2n) is 5.21. The van der Waals surface area contributed by atoms with Gasteiger partial charge in [0.15, 0.2) is 0 Å². The Morgan fingerprint density at radius 3 is 2.60 bits per heavy atom. The van der Waals surface area contributed by atoms with Crippen molar-refractivity contribution in [3.8, 4) is 0 Å². The topological polar surface area (TPSA) is 41.1 Å². The molecule has 3 rings (SSSR count). The van der Waals surface area contributed by atoms with Crippen LogP contribution >= 0.6 is 0 Å². The minimum atomic E-state index is 0.272. The van der Waals surface area contributed by atoms with Crippen LogP contribution in [0.25, 0.3) is 0 Å². The second kappa shape index (κ2) is 6.11. The number of aromatic nitrogens is 2. The van der Waals surface area contributed by atoms with Gasteiger partial charge in [0.05, 0.1) is 6.04 Å². The van der Waals surface area contributed by atoms with Crippen LogP contribution in [0.15, 0.2) is 43.0 Å². The predicted molar refractivity (Wildman–Crippen MR) is 79.5 cm³/mol. The minimum Gasteiger partial charge on any atom is -0.314 e. The predicted octanol–water partition coefficient (Wildman–Crippen LogP) is 1.78. The fraction of sp³-hybridized carbons (Fsp3) is 0.375. The van der Waals surface area contributed by atoms with Gasteiger partial charge in [0.2, 0.25) is 0 Å². The van der Waals surface area contributed by atoms with E-state index in [0.717, 1.165) is 26.2 Å². The summed E-state index contributed by atoms with van der Waals surface area (Å²) in [6.45, 7) is 6.33. The van der Waals surface area contributed by atoms with Crippen LogP contribution in [0.3, 0.4) is 0 Å². The van der Waals surface area contributed by atoms with Crippen LogP contribution in [0.5, 0.6) is 0 Å². The number of hydrogen-bond acceptors (Lipinski definition) is 4. The molecule has 0 bridgehead atoms. The smallest absolute Gasteiger partial charge is 0.0621 e. The molecule has 0 amide bonds. The van der Waals surface area contributed by atoms with Gasteiger partial charge in [-0.2, -0.15) is 0 Å². The molecule has 2 aromatic heterocycles. The molecule has 104 valence electrons. The van der Waals surface area contributed by atoms with E-state index in [1.165, 1.54) is 16.7 Å². The third kappa shape index (κ3) is 2.71. The highest BCUT2D eigenvalue weighted by Crippen LogP contribution is 2.30. The molecule has 1 unspecified atom stereocenters. The molecule has 0 spiro atoms. The van der Waals surface area contributed by atoms with Crippen LogP contribution in [0.4, 0.5) is 0 Å². The van der Waals surface area contributed by atoms with Crippen molar-refractivity contribution < 1.29 is 0 Å². The number of nitrogens with one attached hydrogen (secondary N) is 1. The molecule has 0 saturated carbocycles. The summed E-state index contributed by atoms with van der Waals surface area (Å²) in [5.41, 5.74) is 3.82. The normalized spacial score (nSPS) is 17.9. The Labute approximate surface area is 119 Å². The average molecular weight is 268 g/mol. The molecule has 1 saturated heterocycles. The molecule has 0 radical (unpaired) electrons. The molecular formula is C16H20N4. The highest BCUT2D eigenvalue weighted by molar-refractivity contribution is 5.34. The van der Waals surface area contributed by atoms with E-state index in [2.05, 4.69) is 39.2 Å². The van der Waals surface area contributed by atoms with Gasteiger partial charge < -0.3 is 5.32 Å². The summed E-state index contributed by atoms with van der Waals surface area (Å²) in [6, 6.07) is 6.59. The van der Waals surface area contributed by atoms with Crippen molar-refractivity contribution in [3.05, 3.63) is 59.7 Å². The number of piperazine rings is 1. The molecule has 1 atom stereocenters. The molecule has 3 heterocycles.